The molecule has 0 bridgehead atoms. The summed E-state index contributed by atoms with van der Waals surface area (Å²) in [4.78, 5) is 0. The number of benzene rings is 2. The first-order valence-corrected chi connectivity index (χ1v) is 6.97. The molecule has 0 aliphatic rings. The number of ether oxygens (including phenoxy) is 2. The molecule has 0 aliphatic heterocycles. The maximum atomic E-state index is 5.47. The number of hydrazone groups is 1. The van der Waals surface area contributed by atoms with Crippen LogP contribution in [-0.2, 0) is 0 Å². The van der Waals surface area contributed by atoms with E-state index in [1.54, 1.807) is 14.2 Å². The molecule has 0 fully saturated rings. The molecule has 0 amide bonds. The molecule has 3 N–H and O–H groups in total. The van der Waals surface area contributed by atoms with Gasteiger partial charge in [-0.15, -0.1) is 0 Å². The van der Waals surface area contributed by atoms with Crippen LogP contribution in [-0.4, -0.2) is 25.0 Å². The monoisotopic (exact) mass is 315 g/mol. The van der Waals surface area contributed by atoms with Crippen LogP contribution in [0, 0.1) is 0 Å². The molecule has 2 aromatic carbocycles. The summed E-state index contributed by atoms with van der Waals surface area (Å²) in [7, 11) is 3.19. The van der Waals surface area contributed by atoms with E-state index >= 15 is 0 Å². The van der Waals surface area contributed by atoms with E-state index in [0.717, 1.165) is 11.1 Å². The van der Waals surface area contributed by atoms with Crippen molar-refractivity contribution in [1.29, 1.82) is 0 Å². The molecule has 0 unspecified atom stereocenters. The predicted molar refractivity (Wildman–Crippen MR) is 91.5 cm³/mol. The molecule has 0 atom stereocenters. The highest BCUT2D eigenvalue weighted by Crippen LogP contribution is 2.28. The van der Waals surface area contributed by atoms with Crippen molar-refractivity contribution in [2.24, 2.45) is 10.8 Å². The number of hydrogen-bond donors (Lipinski definition) is 2. The molecule has 0 aliphatic carbocycles. The smallest absolute Gasteiger partial charge is 0.184 e. The van der Waals surface area contributed by atoms with E-state index < -0.39 is 0 Å². The lowest BCUT2D eigenvalue weighted by molar-refractivity contribution is 0.355. The first kappa shape index (κ1) is 15.8. The minimum absolute atomic E-state index is 0.105. The van der Waals surface area contributed by atoms with E-state index in [2.05, 4.69) is 10.5 Å². The van der Waals surface area contributed by atoms with Crippen LogP contribution in [0.4, 0.5) is 0 Å². The molecule has 2 rings (SSSR count). The van der Waals surface area contributed by atoms with Crippen LogP contribution in [0.15, 0.2) is 53.6 Å². The summed E-state index contributed by atoms with van der Waals surface area (Å²) in [6.45, 7) is 0. The van der Waals surface area contributed by atoms with E-state index in [1.165, 1.54) is 0 Å². The lowest BCUT2D eigenvalue weighted by atomic mass is 10.0. The van der Waals surface area contributed by atoms with Crippen molar-refractivity contribution in [1.82, 2.24) is 5.43 Å². The molecule has 0 heterocycles. The summed E-state index contributed by atoms with van der Waals surface area (Å²) in [6, 6.07) is 15.3. The third-order valence-corrected chi connectivity index (χ3v) is 3.07. The SMILES string of the molecule is COc1ccc(C(=NNC(N)=S)c2ccccc2)cc1OC. The van der Waals surface area contributed by atoms with Gasteiger partial charge < -0.3 is 15.2 Å². The summed E-state index contributed by atoms with van der Waals surface area (Å²) < 4.78 is 10.6. The molecular weight excluding hydrogens is 298 g/mol. The summed E-state index contributed by atoms with van der Waals surface area (Å²) in [5, 5.41) is 4.40. The molecule has 5 nitrogen and oxygen atoms in total. The van der Waals surface area contributed by atoms with E-state index in [-0.39, 0.29) is 5.11 Å². The topological polar surface area (TPSA) is 68.9 Å². The highest BCUT2D eigenvalue weighted by atomic mass is 32.1. The fraction of sp³-hybridized carbons (Fsp3) is 0.125. The van der Waals surface area contributed by atoms with Crippen molar-refractivity contribution in [3.63, 3.8) is 0 Å². The van der Waals surface area contributed by atoms with Gasteiger partial charge in [-0.05, 0) is 30.4 Å². The number of methoxy groups -OCH3 is 2. The molecule has 2 aromatic rings. The molecule has 0 aromatic heterocycles. The number of rotatable bonds is 5. The zero-order valence-electron chi connectivity index (χ0n) is 12.4. The predicted octanol–water partition coefficient (Wildman–Crippen LogP) is 2.29. The van der Waals surface area contributed by atoms with Gasteiger partial charge in [0.2, 0.25) is 0 Å². The van der Waals surface area contributed by atoms with Gasteiger partial charge in [0.15, 0.2) is 16.6 Å². The maximum Gasteiger partial charge on any atom is 0.184 e. The first-order chi connectivity index (χ1) is 10.7. The third-order valence-electron chi connectivity index (χ3n) is 2.98. The van der Waals surface area contributed by atoms with E-state index in [0.29, 0.717) is 17.2 Å². The minimum atomic E-state index is 0.105. The molecule has 0 saturated heterocycles. The van der Waals surface area contributed by atoms with Crippen LogP contribution in [0.5, 0.6) is 11.5 Å². The van der Waals surface area contributed by atoms with Crippen molar-refractivity contribution >= 4 is 23.0 Å². The largest absolute Gasteiger partial charge is 0.493 e. The second-order valence-corrected chi connectivity index (χ2v) is 4.81. The van der Waals surface area contributed by atoms with E-state index in [1.807, 2.05) is 48.5 Å². The summed E-state index contributed by atoms with van der Waals surface area (Å²) in [5.41, 5.74) is 10.6. The fourth-order valence-corrected chi connectivity index (χ4v) is 2.03. The van der Waals surface area contributed by atoms with Crippen LogP contribution in [0.3, 0.4) is 0 Å². The Morgan fingerprint density at radius 2 is 1.68 bits per heavy atom. The zero-order valence-corrected chi connectivity index (χ0v) is 13.2. The highest BCUT2D eigenvalue weighted by molar-refractivity contribution is 7.80. The van der Waals surface area contributed by atoms with Gasteiger partial charge in [-0.25, -0.2) is 0 Å². The molecule has 114 valence electrons. The van der Waals surface area contributed by atoms with Crippen LogP contribution in [0.2, 0.25) is 0 Å². The summed E-state index contributed by atoms with van der Waals surface area (Å²) in [5.74, 6) is 1.28. The van der Waals surface area contributed by atoms with Gasteiger partial charge in [-0.3, -0.25) is 5.43 Å². The van der Waals surface area contributed by atoms with E-state index in [9.17, 15) is 0 Å². The minimum Gasteiger partial charge on any atom is -0.493 e. The lowest BCUT2D eigenvalue weighted by Gasteiger charge is -2.12. The fourth-order valence-electron chi connectivity index (χ4n) is 1.99. The lowest BCUT2D eigenvalue weighted by Crippen LogP contribution is -2.26. The molecular formula is C16H17N3O2S. The standard InChI is InChI=1S/C16H17N3O2S/c1-20-13-9-8-12(10-14(13)21-2)15(18-19-16(17)22)11-6-4-3-5-7-11/h3-10H,1-2H3,(H3,17,19,22). The number of hydrogen-bond acceptors (Lipinski definition) is 4. The zero-order chi connectivity index (χ0) is 15.9. The van der Waals surface area contributed by atoms with Gasteiger partial charge in [0, 0.05) is 11.1 Å². The third kappa shape index (κ3) is 3.73. The molecule has 22 heavy (non-hydrogen) atoms. The molecule has 0 saturated carbocycles. The van der Waals surface area contributed by atoms with Crippen molar-refractivity contribution in [2.45, 2.75) is 0 Å². The Hall–Kier alpha value is -2.60. The van der Waals surface area contributed by atoms with Gasteiger partial charge >= 0.3 is 0 Å². The van der Waals surface area contributed by atoms with Gasteiger partial charge in [0.1, 0.15) is 0 Å². The van der Waals surface area contributed by atoms with Crippen molar-refractivity contribution in [3.05, 3.63) is 59.7 Å². The highest BCUT2D eigenvalue weighted by Gasteiger charge is 2.11. The van der Waals surface area contributed by atoms with Gasteiger partial charge in [0.25, 0.3) is 0 Å². The van der Waals surface area contributed by atoms with Crippen LogP contribution in [0.1, 0.15) is 11.1 Å². The Labute approximate surface area is 134 Å². The van der Waals surface area contributed by atoms with Gasteiger partial charge in [-0.1, -0.05) is 30.3 Å². The van der Waals surface area contributed by atoms with Crippen molar-refractivity contribution in [2.75, 3.05) is 14.2 Å². The van der Waals surface area contributed by atoms with Crippen molar-refractivity contribution < 1.29 is 9.47 Å². The Morgan fingerprint density at radius 1 is 1.00 bits per heavy atom. The Bertz CT molecular complexity index is 687. The second kappa shape index (κ2) is 7.42. The average Bonchev–Trinajstić information content (AvgIpc) is 2.55. The van der Waals surface area contributed by atoms with Gasteiger partial charge in [-0.2, -0.15) is 5.10 Å². The number of nitrogens with zero attached hydrogens (tertiary/aromatic N) is 1. The quantitative estimate of drug-likeness (QED) is 0.503. The maximum absolute atomic E-state index is 5.47. The van der Waals surface area contributed by atoms with Crippen molar-refractivity contribution in [3.8, 4) is 11.5 Å². The first-order valence-electron chi connectivity index (χ1n) is 6.56. The van der Waals surface area contributed by atoms with Crippen LogP contribution in [0.25, 0.3) is 0 Å². The van der Waals surface area contributed by atoms with E-state index in [4.69, 9.17) is 27.4 Å². The molecule has 0 radical (unpaired) electrons. The Kier molecular flexibility index (Phi) is 5.32. The Morgan fingerprint density at radius 3 is 2.27 bits per heavy atom. The normalized spacial score (nSPS) is 10.9. The Balaban J connectivity index is 2.50. The van der Waals surface area contributed by atoms with Crippen LogP contribution < -0.4 is 20.6 Å². The average molecular weight is 315 g/mol. The second-order valence-electron chi connectivity index (χ2n) is 4.37. The number of thiocarbonyl (C=S) groups is 1. The van der Waals surface area contributed by atoms with Crippen LogP contribution >= 0.6 is 12.2 Å². The number of nitrogens with two attached hydrogens (primary N) is 1. The molecule has 6 heteroatoms. The number of nitrogens with one attached hydrogen (secondary N) is 1. The summed E-state index contributed by atoms with van der Waals surface area (Å²) in [6.07, 6.45) is 0. The summed E-state index contributed by atoms with van der Waals surface area (Å²) >= 11 is 4.82. The molecule has 0 spiro atoms. The van der Waals surface area contributed by atoms with Gasteiger partial charge in [0.05, 0.1) is 19.9 Å².